The van der Waals surface area contributed by atoms with Crippen LogP contribution in [0.15, 0.2) is 36.9 Å². The van der Waals surface area contributed by atoms with Gasteiger partial charge in [0.05, 0.1) is 15.6 Å². The van der Waals surface area contributed by atoms with Gasteiger partial charge in [-0.1, -0.05) is 41.1 Å². The second-order valence-electron chi connectivity index (χ2n) is 5.45. The molecule has 0 spiro atoms. The monoisotopic (exact) mass is 421 g/mol. The number of ether oxygens (including phenoxy) is 1. The van der Waals surface area contributed by atoms with Gasteiger partial charge in [0, 0.05) is 6.54 Å². The summed E-state index contributed by atoms with van der Waals surface area (Å²) in [6.07, 6.45) is 1.74. The van der Waals surface area contributed by atoms with Gasteiger partial charge >= 0.3 is 0 Å². The number of carbonyl (C=O) groups is 1. The molecule has 7 nitrogen and oxygen atoms in total. The first-order valence-corrected chi connectivity index (χ1v) is 9.51. The Kier molecular flexibility index (Phi) is 6.04. The standard InChI is InChI=1S/C17H16ClN5O2S2/c1-3-8-23-15(21-22-17(23)26)14-10(2)19-16(27-14)20-13(24)9-25-12-7-5-4-6-11(12)18/h3-7H,1,8-9H2,2H3,(H,22,26)(H,19,20,24). The highest BCUT2D eigenvalue weighted by atomic mass is 35.5. The van der Waals surface area contributed by atoms with Gasteiger partial charge in [-0.2, -0.15) is 5.10 Å². The lowest BCUT2D eigenvalue weighted by Gasteiger charge is -2.06. The third-order valence-electron chi connectivity index (χ3n) is 3.51. The number of thiazole rings is 1. The topological polar surface area (TPSA) is 84.8 Å². The molecule has 0 unspecified atom stereocenters. The molecule has 0 aliphatic carbocycles. The molecule has 0 saturated carbocycles. The van der Waals surface area contributed by atoms with Crippen LogP contribution in [0.5, 0.6) is 5.75 Å². The number of aromatic amines is 1. The minimum atomic E-state index is -0.333. The number of allylic oxidation sites excluding steroid dienone is 1. The van der Waals surface area contributed by atoms with Crippen LogP contribution in [0.3, 0.4) is 0 Å². The molecular weight excluding hydrogens is 406 g/mol. The number of amides is 1. The van der Waals surface area contributed by atoms with Crippen LogP contribution >= 0.6 is 35.2 Å². The van der Waals surface area contributed by atoms with Gasteiger partial charge in [-0.15, -0.1) is 6.58 Å². The van der Waals surface area contributed by atoms with Crippen molar-refractivity contribution in [3.8, 4) is 16.5 Å². The molecule has 0 aliphatic rings. The molecule has 2 heterocycles. The van der Waals surface area contributed by atoms with Gasteiger partial charge in [0.15, 0.2) is 22.3 Å². The minimum Gasteiger partial charge on any atom is -0.482 e. The summed E-state index contributed by atoms with van der Waals surface area (Å²) >= 11 is 12.6. The summed E-state index contributed by atoms with van der Waals surface area (Å²) in [7, 11) is 0. The summed E-state index contributed by atoms with van der Waals surface area (Å²) in [5, 5.41) is 10.7. The maximum atomic E-state index is 12.2. The number of benzene rings is 1. The van der Waals surface area contributed by atoms with Crippen LogP contribution in [0.2, 0.25) is 5.02 Å². The van der Waals surface area contributed by atoms with E-state index < -0.39 is 0 Å². The lowest BCUT2D eigenvalue weighted by molar-refractivity contribution is -0.118. The number of hydrogen-bond acceptors (Lipinski definition) is 6. The number of anilines is 1. The van der Waals surface area contributed by atoms with Crippen molar-refractivity contribution in [3.05, 3.63) is 52.4 Å². The Labute approximate surface area is 169 Å². The molecule has 0 saturated heterocycles. The predicted molar refractivity (Wildman–Crippen MR) is 109 cm³/mol. The average Bonchev–Trinajstić information content (AvgIpc) is 3.17. The van der Waals surface area contributed by atoms with Crippen LogP contribution in [0.25, 0.3) is 10.7 Å². The molecule has 0 bridgehead atoms. The van der Waals surface area contributed by atoms with Gasteiger partial charge < -0.3 is 4.74 Å². The smallest absolute Gasteiger partial charge is 0.264 e. The second kappa shape index (κ2) is 8.47. The lowest BCUT2D eigenvalue weighted by atomic mass is 10.3. The van der Waals surface area contributed by atoms with Gasteiger partial charge in [0.25, 0.3) is 5.91 Å². The molecule has 0 atom stereocenters. The summed E-state index contributed by atoms with van der Waals surface area (Å²) in [5.41, 5.74) is 0.738. The zero-order valence-corrected chi connectivity index (χ0v) is 16.7. The second-order valence-corrected chi connectivity index (χ2v) is 7.25. The van der Waals surface area contributed by atoms with Crippen LogP contribution in [-0.4, -0.2) is 32.3 Å². The van der Waals surface area contributed by atoms with E-state index in [9.17, 15) is 4.79 Å². The first-order chi connectivity index (χ1) is 13.0. The fraction of sp³-hybridized carbons (Fsp3) is 0.176. The van der Waals surface area contributed by atoms with Crippen LogP contribution < -0.4 is 10.1 Å². The molecule has 1 aromatic carbocycles. The molecule has 1 amide bonds. The molecule has 140 valence electrons. The molecule has 0 fully saturated rings. The molecule has 2 N–H and O–H groups in total. The van der Waals surface area contributed by atoms with Crippen molar-refractivity contribution in [2.75, 3.05) is 11.9 Å². The van der Waals surface area contributed by atoms with E-state index in [0.29, 0.717) is 33.0 Å². The molecule has 3 aromatic rings. The van der Waals surface area contributed by atoms with E-state index in [1.165, 1.54) is 11.3 Å². The number of hydrogen-bond donors (Lipinski definition) is 2. The summed E-state index contributed by atoms with van der Waals surface area (Å²) in [5.74, 6) is 0.771. The Morgan fingerprint density at radius 2 is 2.30 bits per heavy atom. The number of halogens is 1. The molecular formula is C17H16ClN5O2S2. The Balaban J connectivity index is 1.71. The number of para-hydroxylation sites is 1. The molecule has 0 radical (unpaired) electrons. The Hall–Kier alpha value is -2.49. The largest absolute Gasteiger partial charge is 0.482 e. The summed E-state index contributed by atoms with van der Waals surface area (Å²) in [6, 6.07) is 6.97. The number of aromatic nitrogens is 4. The van der Waals surface area contributed by atoms with Gasteiger partial charge in [-0.05, 0) is 31.3 Å². The van der Waals surface area contributed by atoms with Crippen molar-refractivity contribution in [1.29, 1.82) is 0 Å². The van der Waals surface area contributed by atoms with Crippen molar-refractivity contribution in [1.82, 2.24) is 19.7 Å². The maximum absolute atomic E-state index is 12.2. The normalized spacial score (nSPS) is 10.6. The quantitative estimate of drug-likeness (QED) is 0.440. The highest BCUT2D eigenvalue weighted by Gasteiger charge is 2.17. The Morgan fingerprint density at radius 3 is 3.04 bits per heavy atom. The maximum Gasteiger partial charge on any atom is 0.264 e. The number of carbonyl (C=O) groups excluding carboxylic acids is 1. The van der Waals surface area contributed by atoms with Crippen molar-refractivity contribution in [2.45, 2.75) is 13.5 Å². The lowest BCUT2D eigenvalue weighted by Crippen LogP contribution is -2.20. The zero-order valence-electron chi connectivity index (χ0n) is 14.4. The number of nitrogens with one attached hydrogen (secondary N) is 2. The summed E-state index contributed by atoms with van der Waals surface area (Å²) < 4.78 is 7.74. The van der Waals surface area contributed by atoms with Crippen molar-refractivity contribution in [3.63, 3.8) is 0 Å². The molecule has 0 aliphatic heterocycles. The van der Waals surface area contributed by atoms with Crippen LogP contribution in [0.1, 0.15) is 5.69 Å². The first-order valence-electron chi connectivity index (χ1n) is 7.90. The summed E-state index contributed by atoms with van der Waals surface area (Å²) in [6.45, 7) is 5.92. The SMILES string of the molecule is C=CCn1c(-c2sc(NC(=O)COc3ccccc3Cl)nc2C)n[nH]c1=S. The average molecular weight is 422 g/mol. The highest BCUT2D eigenvalue weighted by Crippen LogP contribution is 2.31. The first kappa shape index (κ1) is 19.3. The van der Waals surface area contributed by atoms with E-state index in [2.05, 4.69) is 27.1 Å². The van der Waals surface area contributed by atoms with E-state index >= 15 is 0 Å². The zero-order chi connectivity index (χ0) is 19.4. The van der Waals surface area contributed by atoms with Crippen LogP contribution in [-0.2, 0) is 11.3 Å². The third kappa shape index (κ3) is 4.44. The molecule has 27 heavy (non-hydrogen) atoms. The number of rotatable bonds is 7. The van der Waals surface area contributed by atoms with E-state index in [0.717, 1.165) is 10.6 Å². The molecule has 10 heteroatoms. The Morgan fingerprint density at radius 1 is 1.52 bits per heavy atom. The molecule has 2 aromatic heterocycles. The minimum absolute atomic E-state index is 0.174. The fourth-order valence-corrected chi connectivity index (χ4v) is 3.69. The number of nitrogens with zero attached hydrogens (tertiary/aromatic N) is 3. The van der Waals surface area contributed by atoms with E-state index in [4.69, 9.17) is 28.6 Å². The summed E-state index contributed by atoms with van der Waals surface area (Å²) in [4.78, 5) is 17.4. The van der Waals surface area contributed by atoms with Gasteiger partial charge in [0.1, 0.15) is 5.75 Å². The highest BCUT2D eigenvalue weighted by molar-refractivity contribution is 7.71. The van der Waals surface area contributed by atoms with E-state index in [-0.39, 0.29) is 12.5 Å². The number of H-pyrrole nitrogens is 1. The van der Waals surface area contributed by atoms with Crippen LogP contribution in [0.4, 0.5) is 5.13 Å². The van der Waals surface area contributed by atoms with E-state index in [1.54, 1.807) is 30.3 Å². The van der Waals surface area contributed by atoms with Crippen LogP contribution in [0, 0.1) is 11.7 Å². The van der Waals surface area contributed by atoms with E-state index in [1.807, 2.05) is 11.5 Å². The Bertz CT molecular complexity index is 1040. The van der Waals surface area contributed by atoms with Crippen molar-refractivity contribution in [2.24, 2.45) is 0 Å². The van der Waals surface area contributed by atoms with Gasteiger partial charge in [0.2, 0.25) is 0 Å². The van der Waals surface area contributed by atoms with Gasteiger partial charge in [-0.3, -0.25) is 19.8 Å². The molecule has 3 rings (SSSR count). The predicted octanol–water partition coefficient (Wildman–Crippen LogP) is 4.23. The number of aryl methyl sites for hydroxylation is 1. The van der Waals surface area contributed by atoms with Crippen molar-refractivity contribution < 1.29 is 9.53 Å². The fourth-order valence-electron chi connectivity index (χ4n) is 2.31. The van der Waals surface area contributed by atoms with Crippen molar-refractivity contribution >= 4 is 46.2 Å². The third-order valence-corrected chi connectivity index (χ3v) is 5.20. The van der Waals surface area contributed by atoms with Gasteiger partial charge in [-0.25, -0.2) is 4.98 Å².